The summed E-state index contributed by atoms with van der Waals surface area (Å²) < 4.78 is 5.66. The van der Waals surface area contributed by atoms with E-state index < -0.39 is 18.1 Å². The van der Waals surface area contributed by atoms with E-state index in [0.29, 0.717) is 25.3 Å². The smallest absolute Gasteiger partial charge is 0.407 e. The van der Waals surface area contributed by atoms with Crippen LogP contribution in [0.25, 0.3) is 11.1 Å². The van der Waals surface area contributed by atoms with Crippen molar-refractivity contribution >= 4 is 18.0 Å². The summed E-state index contributed by atoms with van der Waals surface area (Å²) in [4.78, 5) is 39.0. The Bertz CT molecular complexity index is 1050. The number of benzene rings is 2. The van der Waals surface area contributed by atoms with Gasteiger partial charge in [-0.3, -0.25) is 9.59 Å². The molecular weight excluding hydrogens is 432 g/mol. The van der Waals surface area contributed by atoms with Crippen LogP contribution in [0.4, 0.5) is 4.79 Å². The van der Waals surface area contributed by atoms with E-state index in [-0.39, 0.29) is 30.9 Å². The van der Waals surface area contributed by atoms with Crippen molar-refractivity contribution < 1.29 is 24.2 Å². The molecule has 0 radical (unpaired) electrons. The van der Waals surface area contributed by atoms with Gasteiger partial charge in [-0.05, 0) is 47.4 Å². The number of carbonyl (C=O) groups excluding carboxylic acids is 2. The highest BCUT2D eigenvalue weighted by Crippen LogP contribution is 2.44. The topological polar surface area (TPSA) is 95.9 Å². The highest BCUT2D eigenvalue weighted by molar-refractivity contribution is 5.87. The van der Waals surface area contributed by atoms with Gasteiger partial charge < -0.3 is 20.1 Å². The van der Waals surface area contributed by atoms with E-state index in [1.165, 1.54) is 0 Å². The summed E-state index contributed by atoms with van der Waals surface area (Å²) in [5.41, 5.74) is 4.59. The SMILES string of the molecule is O=C(O)CC1CCCN1C(=O)C(CC1CC1)NC(=O)OCC1c2ccccc2-c2ccccc21. The zero-order chi connectivity index (χ0) is 23.7. The van der Waals surface area contributed by atoms with Gasteiger partial charge in [0.2, 0.25) is 5.91 Å². The summed E-state index contributed by atoms with van der Waals surface area (Å²) in [6.45, 7) is 0.722. The second-order valence-corrected chi connectivity index (χ2v) is 9.63. The zero-order valence-electron chi connectivity index (χ0n) is 19.1. The maximum absolute atomic E-state index is 13.3. The van der Waals surface area contributed by atoms with Crippen LogP contribution in [0.5, 0.6) is 0 Å². The first kappa shape index (κ1) is 22.4. The summed E-state index contributed by atoms with van der Waals surface area (Å²) in [6.07, 6.45) is 3.47. The molecule has 1 saturated carbocycles. The van der Waals surface area contributed by atoms with Gasteiger partial charge in [-0.2, -0.15) is 0 Å². The minimum atomic E-state index is -0.909. The number of amides is 2. The van der Waals surface area contributed by atoms with Crippen LogP contribution in [-0.4, -0.2) is 53.2 Å². The summed E-state index contributed by atoms with van der Waals surface area (Å²) in [6, 6.07) is 15.3. The molecule has 2 atom stereocenters. The molecule has 2 N–H and O–H groups in total. The molecule has 2 amide bonds. The number of carboxylic acid groups (broad SMARTS) is 1. The lowest BCUT2D eigenvalue weighted by Gasteiger charge is -2.28. The Labute approximate surface area is 199 Å². The van der Waals surface area contributed by atoms with Crippen LogP contribution in [0.2, 0.25) is 0 Å². The van der Waals surface area contributed by atoms with Crippen molar-refractivity contribution in [3.63, 3.8) is 0 Å². The largest absolute Gasteiger partial charge is 0.481 e. The highest BCUT2D eigenvalue weighted by atomic mass is 16.5. The zero-order valence-corrected chi connectivity index (χ0v) is 19.1. The van der Waals surface area contributed by atoms with E-state index in [1.54, 1.807) is 4.90 Å². The number of fused-ring (bicyclic) bond motifs is 3. The summed E-state index contributed by atoms with van der Waals surface area (Å²) in [7, 11) is 0. The monoisotopic (exact) mass is 462 g/mol. The van der Waals surface area contributed by atoms with Gasteiger partial charge in [0.1, 0.15) is 12.6 Å². The van der Waals surface area contributed by atoms with Gasteiger partial charge in [0.15, 0.2) is 0 Å². The number of carbonyl (C=O) groups is 3. The van der Waals surface area contributed by atoms with Crippen molar-refractivity contribution in [3.8, 4) is 11.1 Å². The quantitative estimate of drug-likeness (QED) is 0.614. The number of rotatable bonds is 8. The molecule has 5 rings (SSSR count). The van der Waals surface area contributed by atoms with Crippen molar-refractivity contribution in [3.05, 3.63) is 59.7 Å². The molecule has 2 aromatic rings. The van der Waals surface area contributed by atoms with E-state index in [1.807, 2.05) is 24.3 Å². The second-order valence-electron chi connectivity index (χ2n) is 9.63. The number of alkyl carbamates (subject to hydrolysis) is 1. The molecule has 2 fully saturated rings. The number of ether oxygens (including phenoxy) is 1. The number of nitrogens with zero attached hydrogens (tertiary/aromatic N) is 1. The normalized spacial score (nSPS) is 19.9. The van der Waals surface area contributed by atoms with Gasteiger partial charge in [0, 0.05) is 18.5 Å². The summed E-state index contributed by atoms with van der Waals surface area (Å²) in [5, 5.41) is 12.0. The minimum absolute atomic E-state index is 0.0470. The summed E-state index contributed by atoms with van der Waals surface area (Å²) in [5.74, 6) is -0.727. The van der Waals surface area contributed by atoms with Gasteiger partial charge in [0.05, 0.1) is 6.42 Å². The Morgan fingerprint density at radius 1 is 1.00 bits per heavy atom. The van der Waals surface area contributed by atoms with Crippen LogP contribution in [-0.2, 0) is 14.3 Å². The van der Waals surface area contributed by atoms with E-state index in [9.17, 15) is 19.5 Å². The standard InChI is InChI=1S/C27H30N2O5/c30-25(31)15-18-6-5-13-29(18)26(32)24(14-17-11-12-17)28-27(33)34-16-23-21-9-3-1-7-19(21)20-8-2-4-10-22(20)23/h1-4,7-10,17-18,23-24H,5-6,11-16H2,(H,28,33)(H,30,31). The molecule has 1 saturated heterocycles. The van der Waals surface area contributed by atoms with Crippen molar-refractivity contribution in [2.24, 2.45) is 5.92 Å². The lowest BCUT2D eigenvalue weighted by molar-refractivity contribution is -0.140. The second kappa shape index (κ2) is 9.49. The van der Waals surface area contributed by atoms with E-state index in [0.717, 1.165) is 41.5 Å². The molecule has 7 heteroatoms. The number of carboxylic acids is 1. The third kappa shape index (κ3) is 4.65. The molecular formula is C27H30N2O5. The van der Waals surface area contributed by atoms with Gasteiger partial charge in [-0.25, -0.2) is 4.79 Å². The van der Waals surface area contributed by atoms with Crippen LogP contribution >= 0.6 is 0 Å². The average molecular weight is 463 g/mol. The molecule has 2 aliphatic carbocycles. The first-order valence-corrected chi connectivity index (χ1v) is 12.1. The molecule has 7 nitrogen and oxygen atoms in total. The van der Waals surface area contributed by atoms with Crippen LogP contribution in [0.3, 0.4) is 0 Å². The molecule has 0 aromatic heterocycles. The highest BCUT2D eigenvalue weighted by Gasteiger charge is 2.38. The lowest BCUT2D eigenvalue weighted by Crippen LogP contribution is -2.50. The Kier molecular flexibility index (Phi) is 6.26. The van der Waals surface area contributed by atoms with Gasteiger partial charge in [-0.1, -0.05) is 61.4 Å². The van der Waals surface area contributed by atoms with Crippen molar-refractivity contribution in [2.45, 2.75) is 56.5 Å². The van der Waals surface area contributed by atoms with Gasteiger partial charge in [0.25, 0.3) is 0 Å². The lowest BCUT2D eigenvalue weighted by atomic mass is 9.98. The minimum Gasteiger partial charge on any atom is -0.481 e. The molecule has 34 heavy (non-hydrogen) atoms. The molecule has 1 aliphatic heterocycles. The molecule has 0 bridgehead atoms. The maximum Gasteiger partial charge on any atom is 0.407 e. The number of hydrogen-bond donors (Lipinski definition) is 2. The number of likely N-dealkylation sites (tertiary alicyclic amines) is 1. The Hall–Kier alpha value is -3.35. The molecule has 178 valence electrons. The number of nitrogens with one attached hydrogen (secondary N) is 1. The molecule has 1 heterocycles. The molecule has 3 aliphatic rings. The summed E-state index contributed by atoms with van der Waals surface area (Å²) >= 11 is 0. The third-order valence-corrected chi connectivity index (χ3v) is 7.27. The first-order chi connectivity index (χ1) is 16.5. The van der Waals surface area contributed by atoms with Crippen LogP contribution < -0.4 is 5.32 Å². The fourth-order valence-corrected chi connectivity index (χ4v) is 5.43. The van der Waals surface area contributed by atoms with Crippen LogP contribution in [0, 0.1) is 5.92 Å². The Morgan fingerprint density at radius 2 is 1.65 bits per heavy atom. The number of aliphatic carboxylic acids is 1. The molecule has 2 unspecified atom stereocenters. The fraction of sp³-hybridized carbons (Fsp3) is 0.444. The first-order valence-electron chi connectivity index (χ1n) is 12.1. The van der Waals surface area contributed by atoms with Crippen LogP contribution in [0.15, 0.2) is 48.5 Å². The van der Waals surface area contributed by atoms with Gasteiger partial charge >= 0.3 is 12.1 Å². The Balaban J connectivity index is 1.25. The Morgan fingerprint density at radius 3 is 2.26 bits per heavy atom. The molecule has 2 aromatic carbocycles. The average Bonchev–Trinajstić information content (AvgIpc) is 3.43. The predicted molar refractivity (Wildman–Crippen MR) is 126 cm³/mol. The fourth-order valence-electron chi connectivity index (χ4n) is 5.43. The van der Waals surface area contributed by atoms with Crippen molar-refractivity contribution in [2.75, 3.05) is 13.2 Å². The number of hydrogen-bond acceptors (Lipinski definition) is 4. The van der Waals surface area contributed by atoms with Gasteiger partial charge in [-0.15, -0.1) is 0 Å². The molecule has 0 spiro atoms. The van der Waals surface area contributed by atoms with Crippen LogP contribution in [0.1, 0.15) is 55.6 Å². The van der Waals surface area contributed by atoms with Crippen molar-refractivity contribution in [1.82, 2.24) is 10.2 Å². The van der Waals surface area contributed by atoms with Crippen molar-refractivity contribution in [1.29, 1.82) is 0 Å². The van der Waals surface area contributed by atoms with E-state index >= 15 is 0 Å². The van der Waals surface area contributed by atoms with E-state index in [4.69, 9.17) is 4.74 Å². The third-order valence-electron chi connectivity index (χ3n) is 7.27. The maximum atomic E-state index is 13.3. The van der Waals surface area contributed by atoms with E-state index in [2.05, 4.69) is 29.6 Å². The predicted octanol–water partition coefficient (Wildman–Crippen LogP) is 4.16.